The fraction of sp³-hybridized carbons (Fsp3) is 0.321. The Kier molecular flexibility index (Phi) is 9.22. The Labute approximate surface area is 243 Å². The lowest BCUT2D eigenvalue weighted by molar-refractivity contribution is -0.144. The lowest BCUT2D eigenvalue weighted by atomic mass is 10.1. The van der Waals surface area contributed by atoms with Gasteiger partial charge in [-0.1, -0.05) is 29.8 Å². The summed E-state index contributed by atoms with van der Waals surface area (Å²) in [6.45, 7) is 1.29. The number of halogens is 1. The number of nitriles is 1. The fourth-order valence-corrected chi connectivity index (χ4v) is 6.70. The van der Waals surface area contributed by atoms with Crippen molar-refractivity contribution in [2.24, 2.45) is 5.73 Å². The van der Waals surface area contributed by atoms with Crippen LogP contribution in [0.1, 0.15) is 25.3 Å². The molecule has 2 heterocycles. The molecular weight excluding hydrogens is 568 g/mol. The van der Waals surface area contributed by atoms with Gasteiger partial charge in [0.2, 0.25) is 27.7 Å². The van der Waals surface area contributed by atoms with Gasteiger partial charge in [0.25, 0.3) is 0 Å². The second kappa shape index (κ2) is 12.6. The predicted octanol–water partition coefficient (Wildman–Crippen LogP) is 2.30. The molecule has 3 aromatic rings. The van der Waals surface area contributed by atoms with Crippen molar-refractivity contribution in [1.29, 1.82) is 5.26 Å². The highest BCUT2D eigenvalue weighted by Crippen LogP contribution is 2.29. The highest BCUT2D eigenvalue weighted by Gasteiger charge is 2.45. The summed E-state index contributed by atoms with van der Waals surface area (Å²) in [4.78, 5) is 45.8. The molecule has 1 aliphatic heterocycles. The molecule has 0 spiro atoms. The molecule has 2 aromatic carbocycles. The number of nitrogens with zero attached hydrogens (tertiary/aromatic N) is 5. The van der Waals surface area contributed by atoms with Gasteiger partial charge >= 0.3 is 0 Å². The highest BCUT2D eigenvalue weighted by molar-refractivity contribution is 7.89. The summed E-state index contributed by atoms with van der Waals surface area (Å²) in [6.07, 6.45) is 3.38. The van der Waals surface area contributed by atoms with Crippen LogP contribution in [0.5, 0.6) is 0 Å². The number of pyridine rings is 1. The van der Waals surface area contributed by atoms with E-state index in [2.05, 4.69) is 4.98 Å². The number of aromatic nitrogens is 1. The number of hydrogen-bond acceptors (Lipinski definition) is 7. The van der Waals surface area contributed by atoms with Crippen LogP contribution in [0.25, 0.3) is 10.8 Å². The van der Waals surface area contributed by atoms with E-state index in [1.807, 2.05) is 6.07 Å². The monoisotopic (exact) mass is 596 g/mol. The fourth-order valence-electron chi connectivity index (χ4n) is 4.91. The van der Waals surface area contributed by atoms with Crippen LogP contribution in [0, 0.1) is 11.3 Å². The molecule has 1 aliphatic rings. The summed E-state index contributed by atoms with van der Waals surface area (Å²) in [7, 11) is -4.34. The van der Waals surface area contributed by atoms with Gasteiger partial charge in [0.1, 0.15) is 12.1 Å². The molecule has 41 heavy (non-hydrogen) atoms. The third-order valence-corrected chi connectivity index (χ3v) is 9.06. The normalized spacial score (nSPS) is 16.1. The van der Waals surface area contributed by atoms with E-state index >= 15 is 0 Å². The van der Waals surface area contributed by atoms with Gasteiger partial charge in [0.15, 0.2) is 0 Å². The van der Waals surface area contributed by atoms with E-state index in [-0.39, 0.29) is 37.4 Å². The van der Waals surface area contributed by atoms with Gasteiger partial charge in [-0.15, -0.1) is 0 Å². The minimum Gasteiger partial charge on any atom is -0.369 e. The van der Waals surface area contributed by atoms with E-state index in [1.165, 1.54) is 21.9 Å². The maximum Gasteiger partial charge on any atom is 0.245 e. The molecule has 4 rings (SSSR count). The maximum absolute atomic E-state index is 13.8. The van der Waals surface area contributed by atoms with E-state index in [4.69, 9.17) is 22.6 Å². The highest BCUT2D eigenvalue weighted by atomic mass is 35.5. The van der Waals surface area contributed by atoms with Crippen molar-refractivity contribution in [2.45, 2.75) is 43.3 Å². The summed E-state index contributed by atoms with van der Waals surface area (Å²) in [5.41, 5.74) is 6.17. The van der Waals surface area contributed by atoms with Crippen LogP contribution >= 0.6 is 11.6 Å². The molecular formula is C28H29ClN6O5S. The molecule has 0 bridgehead atoms. The molecule has 2 unspecified atom stereocenters. The average molecular weight is 597 g/mol. The Bertz CT molecular complexity index is 1610. The zero-order chi connectivity index (χ0) is 29.7. The van der Waals surface area contributed by atoms with Crippen LogP contribution in [0.15, 0.2) is 65.8 Å². The number of amides is 3. The van der Waals surface area contributed by atoms with E-state index in [9.17, 15) is 22.8 Å². The van der Waals surface area contributed by atoms with Crippen LogP contribution in [-0.4, -0.2) is 76.9 Å². The number of carbonyl (C=O) groups is 3. The molecule has 13 heteroatoms. The van der Waals surface area contributed by atoms with Gasteiger partial charge in [0.05, 0.1) is 23.9 Å². The topological polar surface area (TPSA) is 158 Å². The molecule has 214 valence electrons. The first-order valence-electron chi connectivity index (χ1n) is 12.9. The standard InChI is InChI=1S/C28H29ClN6O5S/c1-19(27(37)33(12-3-10-30)17-20-4-2-11-32-16-20)34-13-9-25(28(34)38)35(18-26(31)36)41(39,40)24-8-6-21-14-23(29)7-5-22(21)15-24/h2,4-8,11,14-16,19,25H,3,9,12-13,17-18H2,1H3,(H2,31,36). The number of benzene rings is 2. The average Bonchev–Trinajstić information content (AvgIpc) is 3.33. The molecule has 3 amide bonds. The third kappa shape index (κ3) is 6.65. The Hall–Kier alpha value is -4.05. The number of nitrogens with two attached hydrogens (primary N) is 1. The number of likely N-dealkylation sites (tertiary alicyclic amines) is 1. The largest absolute Gasteiger partial charge is 0.369 e. The Morgan fingerprint density at radius 2 is 1.95 bits per heavy atom. The summed E-state index contributed by atoms with van der Waals surface area (Å²) in [5, 5.41) is 10.9. The predicted molar refractivity (Wildman–Crippen MR) is 152 cm³/mol. The molecule has 0 radical (unpaired) electrons. The molecule has 1 saturated heterocycles. The van der Waals surface area contributed by atoms with Gasteiger partial charge < -0.3 is 15.5 Å². The molecule has 1 fully saturated rings. The van der Waals surface area contributed by atoms with Crippen molar-refractivity contribution in [2.75, 3.05) is 19.6 Å². The first-order valence-corrected chi connectivity index (χ1v) is 14.7. The van der Waals surface area contributed by atoms with Gasteiger partial charge in [-0.05, 0) is 60.0 Å². The quantitative estimate of drug-likeness (QED) is 0.356. The lowest BCUT2D eigenvalue weighted by Crippen LogP contribution is -2.52. The van der Waals surface area contributed by atoms with Crippen LogP contribution in [-0.2, 0) is 31.0 Å². The summed E-state index contributed by atoms with van der Waals surface area (Å²) < 4.78 is 28.3. The molecule has 2 atom stereocenters. The zero-order valence-corrected chi connectivity index (χ0v) is 23.9. The zero-order valence-electron chi connectivity index (χ0n) is 22.3. The first-order chi connectivity index (χ1) is 19.5. The van der Waals surface area contributed by atoms with Crippen LogP contribution in [0.4, 0.5) is 0 Å². The number of fused-ring (bicyclic) bond motifs is 1. The van der Waals surface area contributed by atoms with Crippen molar-refractivity contribution in [3.63, 3.8) is 0 Å². The second-order valence-corrected chi connectivity index (χ2v) is 12.0. The summed E-state index contributed by atoms with van der Waals surface area (Å²) >= 11 is 6.04. The number of hydrogen-bond donors (Lipinski definition) is 1. The van der Waals surface area contributed by atoms with Crippen LogP contribution < -0.4 is 5.73 Å². The van der Waals surface area contributed by atoms with Crippen molar-refractivity contribution >= 4 is 50.1 Å². The first kappa shape index (κ1) is 29.9. The number of rotatable bonds is 11. The Morgan fingerprint density at radius 1 is 1.22 bits per heavy atom. The maximum atomic E-state index is 13.8. The number of primary amides is 1. The van der Waals surface area contributed by atoms with E-state index < -0.39 is 46.4 Å². The van der Waals surface area contributed by atoms with E-state index in [0.29, 0.717) is 10.4 Å². The molecule has 1 aromatic heterocycles. The Morgan fingerprint density at radius 3 is 2.63 bits per heavy atom. The van der Waals surface area contributed by atoms with Gasteiger partial charge in [0, 0.05) is 37.1 Å². The van der Waals surface area contributed by atoms with Gasteiger partial charge in [-0.25, -0.2) is 8.42 Å². The number of sulfonamides is 1. The van der Waals surface area contributed by atoms with Crippen molar-refractivity contribution in [3.8, 4) is 6.07 Å². The minimum atomic E-state index is -4.34. The Balaban J connectivity index is 1.58. The third-order valence-electron chi connectivity index (χ3n) is 6.98. The number of carbonyl (C=O) groups excluding carboxylic acids is 3. The van der Waals surface area contributed by atoms with Crippen molar-refractivity contribution in [3.05, 3.63) is 71.5 Å². The van der Waals surface area contributed by atoms with Crippen molar-refractivity contribution in [1.82, 2.24) is 19.1 Å². The molecule has 11 nitrogen and oxygen atoms in total. The minimum absolute atomic E-state index is 0.0625. The molecule has 0 saturated carbocycles. The van der Waals surface area contributed by atoms with Crippen LogP contribution in [0.3, 0.4) is 0 Å². The molecule has 0 aliphatic carbocycles. The molecule has 2 N–H and O–H groups in total. The summed E-state index contributed by atoms with van der Waals surface area (Å²) in [6, 6.07) is 12.8. The van der Waals surface area contributed by atoms with E-state index in [1.54, 1.807) is 55.7 Å². The second-order valence-electron chi connectivity index (χ2n) is 9.71. The smallest absolute Gasteiger partial charge is 0.245 e. The SMILES string of the molecule is CC(C(=O)N(CCC#N)Cc1cccnc1)N1CCC(N(CC(N)=O)S(=O)(=O)c2ccc3cc(Cl)ccc3c2)C1=O. The van der Waals surface area contributed by atoms with Gasteiger partial charge in [-0.3, -0.25) is 19.4 Å². The van der Waals surface area contributed by atoms with Gasteiger partial charge in [-0.2, -0.15) is 9.57 Å². The van der Waals surface area contributed by atoms with Crippen molar-refractivity contribution < 1.29 is 22.8 Å². The van der Waals surface area contributed by atoms with E-state index in [0.717, 1.165) is 15.3 Å². The van der Waals surface area contributed by atoms with Crippen LogP contribution in [0.2, 0.25) is 5.02 Å². The lowest BCUT2D eigenvalue weighted by Gasteiger charge is -2.31. The summed E-state index contributed by atoms with van der Waals surface area (Å²) in [5.74, 6) is -1.92.